The minimum atomic E-state index is -3.57. The fourth-order valence-electron chi connectivity index (χ4n) is 2.20. The van der Waals surface area contributed by atoms with E-state index >= 15 is 0 Å². The number of nitrogens with one attached hydrogen (secondary N) is 1. The lowest BCUT2D eigenvalue weighted by atomic mass is 10.2. The van der Waals surface area contributed by atoms with Crippen LogP contribution in [0.5, 0.6) is 0 Å². The molecule has 0 saturated heterocycles. The molecular formula is C16H15FN4O2S. The molecule has 0 aliphatic heterocycles. The van der Waals surface area contributed by atoms with Crippen LogP contribution >= 0.6 is 0 Å². The minimum absolute atomic E-state index is 0.127. The van der Waals surface area contributed by atoms with Crippen LogP contribution in [0, 0.1) is 5.82 Å². The third-order valence-corrected chi connectivity index (χ3v) is 4.62. The summed E-state index contributed by atoms with van der Waals surface area (Å²) in [5.41, 5.74) is 1.16. The van der Waals surface area contributed by atoms with Gasteiger partial charge in [-0.1, -0.05) is 12.1 Å². The summed E-state index contributed by atoms with van der Waals surface area (Å²) in [7, 11) is -3.57. The molecule has 0 bridgehead atoms. The average molecular weight is 346 g/mol. The highest BCUT2D eigenvalue weighted by atomic mass is 32.2. The Kier molecular flexibility index (Phi) is 4.68. The average Bonchev–Trinajstić information content (AvgIpc) is 3.07. The van der Waals surface area contributed by atoms with E-state index in [4.69, 9.17) is 0 Å². The van der Waals surface area contributed by atoms with Gasteiger partial charge in [0.1, 0.15) is 18.0 Å². The summed E-state index contributed by atoms with van der Waals surface area (Å²) in [5, 5.41) is 0. The van der Waals surface area contributed by atoms with E-state index in [-0.39, 0.29) is 12.3 Å². The summed E-state index contributed by atoms with van der Waals surface area (Å²) in [5.74, 6) is -0.0827. The molecule has 3 aromatic rings. The second-order valence-corrected chi connectivity index (χ2v) is 7.01. The smallest absolute Gasteiger partial charge is 0.216 e. The molecular weight excluding hydrogens is 331 g/mol. The molecule has 0 fully saturated rings. The van der Waals surface area contributed by atoms with Crippen LogP contribution in [0.3, 0.4) is 0 Å². The van der Waals surface area contributed by atoms with Crippen LogP contribution in [0.25, 0.3) is 5.82 Å². The van der Waals surface area contributed by atoms with E-state index in [1.165, 1.54) is 18.2 Å². The standard InChI is InChI=1S/C16H15FN4O2S/c17-15-3-1-2-14(8-15)11-24(22,23)20-10-13-4-5-19-16(9-13)21-7-6-18-12-21/h1-9,12,20H,10-11H2. The fraction of sp³-hybridized carbons (Fsp3) is 0.125. The summed E-state index contributed by atoms with van der Waals surface area (Å²) in [4.78, 5) is 8.16. The number of imidazole rings is 1. The number of hydrogen-bond donors (Lipinski definition) is 1. The molecule has 2 heterocycles. The second-order valence-electron chi connectivity index (χ2n) is 5.20. The van der Waals surface area contributed by atoms with Gasteiger partial charge in [0.2, 0.25) is 10.0 Å². The number of hydrogen-bond acceptors (Lipinski definition) is 4. The van der Waals surface area contributed by atoms with Crippen molar-refractivity contribution in [2.75, 3.05) is 0 Å². The van der Waals surface area contributed by atoms with Crippen molar-refractivity contribution >= 4 is 10.0 Å². The number of pyridine rings is 1. The first kappa shape index (κ1) is 16.3. The molecule has 6 nitrogen and oxygen atoms in total. The molecule has 0 saturated carbocycles. The Morgan fingerprint density at radius 2 is 2.00 bits per heavy atom. The SMILES string of the molecule is O=S(=O)(Cc1cccc(F)c1)NCc1ccnc(-n2ccnc2)c1. The summed E-state index contributed by atoms with van der Waals surface area (Å²) in [6.07, 6.45) is 6.60. The molecule has 0 unspecified atom stereocenters. The molecule has 124 valence electrons. The van der Waals surface area contributed by atoms with Crippen molar-refractivity contribution in [3.05, 3.63) is 78.3 Å². The molecule has 1 aromatic carbocycles. The summed E-state index contributed by atoms with van der Waals surface area (Å²) in [6.45, 7) is 0.127. The van der Waals surface area contributed by atoms with Gasteiger partial charge in [-0.25, -0.2) is 27.5 Å². The Morgan fingerprint density at radius 3 is 2.75 bits per heavy atom. The van der Waals surface area contributed by atoms with Crippen molar-refractivity contribution in [3.8, 4) is 5.82 Å². The number of halogens is 1. The van der Waals surface area contributed by atoms with Crippen molar-refractivity contribution in [1.29, 1.82) is 0 Å². The van der Waals surface area contributed by atoms with E-state index in [0.29, 0.717) is 11.4 Å². The molecule has 3 rings (SSSR count). The van der Waals surface area contributed by atoms with E-state index in [1.807, 2.05) is 0 Å². The van der Waals surface area contributed by atoms with Crippen LogP contribution in [0.4, 0.5) is 4.39 Å². The van der Waals surface area contributed by atoms with E-state index < -0.39 is 15.8 Å². The van der Waals surface area contributed by atoms with E-state index in [0.717, 1.165) is 5.56 Å². The summed E-state index contributed by atoms with van der Waals surface area (Å²) >= 11 is 0. The highest BCUT2D eigenvalue weighted by Crippen LogP contribution is 2.10. The van der Waals surface area contributed by atoms with E-state index in [2.05, 4.69) is 14.7 Å². The van der Waals surface area contributed by atoms with Crippen molar-refractivity contribution in [2.45, 2.75) is 12.3 Å². The predicted octanol–water partition coefficient (Wildman–Crippen LogP) is 2.03. The van der Waals surface area contributed by atoms with Crippen molar-refractivity contribution in [2.24, 2.45) is 0 Å². The lowest BCUT2D eigenvalue weighted by Crippen LogP contribution is -2.24. The molecule has 0 atom stereocenters. The zero-order valence-corrected chi connectivity index (χ0v) is 13.4. The Bertz CT molecular complexity index is 927. The quantitative estimate of drug-likeness (QED) is 0.741. The number of nitrogens with zero attached hydrogens (tertiary/aromatic N) is 3. The highest BCUT2D eigenvalue weighted by Gasteiger charge is 2.12. The van der Waals surface area contributed by atoms with Gasteiger partial charge in [0.15, 0.2) is 0 Å². The molecule has 24 heavy (non-hydrogen) atoms. The number of benzene rings is 1. The van der Waals surface area contributed by atoms with Gasteiger partial charge >= 0.3 is 0 Å². The molecule has 0 spiro atoms. The van der Waals surface area contributed by atoms with Gasteiger partial charge in [0, 0.05) is 25.1 Å². The topological polar surface area (TPSA) is 76.9 Å². The minimum Gasteiger partial charge on any atom is -0.291 e. The summed E-state index contributed by atoms with van der Waals surface area (Å²) in [6, 6.07) is 9.05. The summed E-state index contributed by atoms with van der Waals surface area (Å²) < 4.78 is 41.6. The van der Waals surface area contributed by atoms with Gasteiger partial charge in [-0.3, -0.25) is 4.57 Å². The van der Waals surface area contributed by atoms with Crippen LogP contribution in [-0.4, -0.2) is 23.0 Å². The molecule has 0 amide bonds. The fourth-order valence-corrected chi connectivity index (χ4v) is 3.30. The maximum atomic E-state index is 13.1. The van der Waals surface area contributed by atoms with E-state index in [9.17, 15) is 12.8 Å². The third-order valence-electron chi connectivity index (χ3n) is 3.32. The molecule has 0 aliphatic carbocycles. The van der Waals surface area contributed by atoms with Crippen molar-refractivity contribution < 1.29 is 12.8 Å². The maximum absolute atomic E-state index is 13.1. The Morgan fingerprint density at radius 1 is 1.12 bits per heavy atom. The second kappa shape index (κ2) is 6.90. The van der Waals surface area contributed by atoms with Crippen molar-refractivity contribution in [1.82, 2.24) is 19.3 Å². The van der Waals surface area contributed by atoms with E-state index in [1.54, 1.807) is 47.7 Å². The van der Waals surface area contributed by atoms with Gasteiger partial charge < -0.3 is 0 Å². The van der Waals surface area contributed by atoms with Crippen LogP contribution in [-0.2, 0) is 22.3 Å². The van der Waals surface area contributed by atoms with Crippen LogP contribution < -0.4 is 4.72 Å². The molecule has 0 radical (unpaired) electrons. The Balaban J connectivity index is 1.67. The normalized spacial score (nSPS) is 11.5. The van der Waals surface area contributed by atoms with Crippen LogP contribution in [0.15, 0.2) is 61.3 Å². The van der Waals surface area contributed by atoms with Gasteiger partial charge in [0.05, 0.1) is 5.75 Å². The predicted molar refractivity (Wildman–Crippen MR) is 87.2 cm³/mol. The zero-order chi connectivity index (χ0) is 17.0. The van der Waals surface area contributed by atoms with Crippen LogP contribution in [0.1, 0.15) is 11.1 Å². The molecule has 2 aromatic heterocycles. The van der Waals surface area contributed by atoms with Gasteiger partial charge in [-0.15, -0.1) is 0 Å². The van der Waals surface area contributed by atoms with Gasteiger partial charge in [-0.2, -0.15) is 0 Å². The van der Waals surface area contributed by atoms with Crippen molar-refractivity contribution in [3.63, 3.8) is 0 Å². The Labute approximate surface area is 139 Å². The van der Waals surface area contributed by atoms with Gasteiger partial charge in [-0.05, 0) is 35.4 Å². The third kappa shape index (κ3) is 4.24. The monoisotopic (exact) mass is 346 g/mol. The van der Waals surface area contributed by atoms with Gasteiger partial charge in [0.25, 0.3) is 0 Å². The molecule has 8 heteroatoms. The maximum Gasteiger partial charge on any atom is 0.216 e. The largest absolute Gasteiger partial charge is 0.291 e. The first-order valence-electron chi connectivity index (χ1n) is 7.17. The number of aromatic nitrogens is 3. The highest BCUT2D eigenvalue weighted by molar-refractivity contribution is 7.88. The molecule has 1 N–H and O–H groups in total. The Hall–Kier alpha value is -2.58. The lowest BCUT2D eigenvalue weighted by Gasteiger charge is -2.08. The number of sulfonamides is 1. The zero-order valence-electron chi connectivity index (χ0n) is 12.6. The number of rotatable bonds is 6. The first-order chi connectivity index (χ1) is 11.5. The molecule has 0 aliphatic rings. The lowest BCUT2D eigenvalue weighted by molar-refractivity contribution is 0.580. The van der Waals surface area contributed by atoms with Crippen LogP contribution in [0.2, 0.25) is 0 Å². The first-order valence-corrected chi connectivity index (χ1v) is 8.82.